The van der Waals surface area contributed by atoms with Crippen LogP contribution in [0, 0.1) is 17.4 Å². The third-order valence-electron chi connectivity index (χ3n) is 6.79. The molecule has 0 radical (unpaired) electrons. The van der Waals surface area contributed by atoms with Gasteiger partial charge < -0.3 is 9.30 Å². The monoisotopic (exact) mass is 669 g/mol. The number of aryl methyl sites for hydroxylation is 1. The fourth-order valence-corrected chi connectivity index (χ4v) is 6.76. The highest BCUT2D eigenvalue weighted by molar-refractivity contribution is 14.1. The van der Waals surface area contributed by atoms with Crippen LogP contribution in [0.2, 0.25) is 0 Å². The lowest BCUT2D eigenvalue weighted by molar-refractivity contribution is -0.139. The second kappa shape index (κ2) is 11.3. The number of nitrogens with zero attached hydrogens (tertiary/aromatic N) is 3. The number of carbonyl (C=O) groups excluding carboxylic acids is 1. The molecule has 0 fully saturated rings. The van der Waals surface area contributed by atoms with Crippen LogP contribution in [0.5, 0.6) is 0 Å². The van der Waals surface area contributed by atoms with Crippen molar-refractivity contribution in [2.75, 3.05) is 12.9 Å². The first kappa shape index (κ1) is 27.7. The van der Waals surface area contributed by atoms with Crippen LogP contribution in [0.3, 0.4) is 0 Å². The molecular formula is C30H28IN3O3S2. The van der Waals surface area contributed by atoms with E-state index in [0.29, 0.717) is 20.6 Å². The van der Waals surface area contributed by atoms with Gasteiger partial charge in [0.05, 0.1) is 28.5 Å². The van der Waals surface area contributed by atoms with Crippen molar-refractivity contribution >= 4 is 57.7 Å². The lowest BCUT2D eigenvalue weighted by Gasteiger charge is -2.24. The maximum atomic E-state index is 14.0. The van der Waals surface area contributed by atoms with Gasteiger partial charge >= 0.3 is 5.97 Å². The summed E-state index contributed by atoms with van der Waals surface area (Å²) in [5.41, 5.74) is 5.81. The molecule has 1 aliphatic heterocycles. The summed E-state index contributed by atoms with van der Waals surface area (Å²) in [6.07, 6.45) is 3.95. The SMILES string of the molecule is CCOC(=O)C1=C(C)N=c2s/c(=C\c3cc(C)n(-c4ccc(I)cc4)c3C)c(=O)n2[C@H]1c1ccc(SC)cc1. The van der Waals surface area contributed by atoms with Gasteiger partial charge in [-0.2, -0.15) is 0 Å². The van der Waals surface area contributed by atoms with E-state index in [0.717, 1.165) is 33.1 Å². The molecule has 5 rings (SSSR count). The van der Waals surface area contributed by atoms with Gasteiger partial charge in [0.1, 0.15) is 0 Å². The van der Waals surface area contributed by atoms with Gasteiger partial charge in [-0.05, 0) is 116 Å². The molecule has 0 aliphatic carbocycles. The maximum absolute atomic E-state index is 14.0. The number of carbonyl (C=O) groups is 1. The Morgan fingerprint density at radius 2 is 1.82 bits per heavy atom. The Hall–Kier alpha value is -2.89. The lowest BCUT2D eigenvalue weighted by Crippen LogP contribution is -2.39. The van der Waals surface area contributed by atoms with Crippen molar-refractivity contribution in [3.8, 4) is 5.69 Å². The van der Waals surface area contributed by atoms with Crippen LogP contribution in [0.25, 0.3) is 11.8 Å². The number of benzene rings is 2. The Bertz CT molecular complexity index is 1780. The molecule has 2 aromatic heterocycles. The molecule has 9 heteroatoms. The van der Waals surface area contributed by atoms with Crippen LogP contribution < -0.4 is 14.9 Å². The molecule has 1 aliphatic rings. The van der Waals surface area contributed by atoms with E-state index in [2.05, 4.69) is 71.3 Å². The van der Waals surface area contributed by atoms with Crippen molar-refractivity contribution in [1.29, 1.82) is 0 Å². The smallest absolute Gasteiger partial charge is 0.338 e. The Morgan fingerprint density at radius 1 is 1.13 bits per heavy atom. The zero-order valence-electron chi connectivity index (χ0n) is 22.3. The molecule has 0 N–H and O–H groups in total. The summed E-state index contributed by atoms with van der Waals surface area (Å²) in [5, 5.41) is 0. The molecule has 0 bridgehead atoms. The molecule has 200 valence electrons. The molecular weight excluding hydrogens is 641 g/mol. The summed E-state index contributed by atoms with van der Waals surface area (Å²) >= 11 is 5.29. The maximum Gasteiger partial charge on any atom is 0.338 e. The number of hydrogen-bond donors (Lipinski definition) is 0. The van der Waals surface area contributed by atoms with Gasteiger partial charge in [0.2, 0.25) is 0 Å². The molecule has 0 spiro atoms. The Labute approximate surface area is 248 Å². The van der Waals surface area contributed by atoms with Crippen LogP contribution in [-0.2, 0) is 9.53 Å². The number of hydrogen-bond acceptors (Lipinski definition) is 6. The molecule has 3 heterocycles. The van der Waals surface area contributed by atoms with Gasteiger partial charge in [-0.1, -0.05) is 23.5 Å². The predicted molar refractivity (Wildman–Crippen MR) is 167 cm³/mol. The second-order valence-electron chi connectivity index (χ2n) is 9.21. The van der Waals surface area contributed by atoms with Crippen LogP contribution in [0.1, 0.15) is 42.4 Å². The van der Waals surface area contributed by atoms with E-state index in [9.17, 15) is 9.59 Å². The molecule has 39 heavy (non-hydrogen) atoms. The summed E-state index contributed by atoms with van der Waals surface area (Å²) in [4.78, 5) is 33.4. The predicted octanol–water partition coefficient (Wildman–Crippen LogP) is 5.53. The fourth-order valence-electron chi connectivity index (χ4n) is 4.96. The standard InChI is InChI=1S/C30H28IN3O3S2/c1-6-37-29(36)26-18(3)32-30-34(27(26)20-7-13-24(38-5)14-8-20)28(35)25(39-30)16-21-15-17(2)33(19(21)4)23-11-9-22(31)10-12-23/h7-16,27H,6H2,1-5H3/b25-16-/t27-/m0/s1. The van der Waals surface area contributed by atoms with Gasteiger partial charge in [-0.15, -0.1) is 11.8 Å². The third kappa shape index (κ3) is 5.19. The first-order valence-electron chi connectivity index (χ1n) is 12.5. The number of ether oxygens (including phenoxy) is 1. The highest BCUT2D eigenvalue weighted by Gasteiger charge is 2.33. The molecule has 1 atom stereocenters. The molecule has 0 saturated carbocycles. The van der Waals surface area contributed by atoms with Crippen molar-refractivity contribution in [3.05, 3.63) is 112 Å². The zero-order chi connectivity index (χ0) is 27.8. The minimum Gasteiger partial charge on any atom is -0.463 e. The van der Waals surface area contributed by atoms with Crippen molar-refractivity contribution in [1.82, 2.24) is 9.13 Å². The van der Waals surface area contributed by atoms with E-state index < -0.39 is 12.0 Å². The van der Waals surface area contributed by atoms with Crippen molar-refractivity contribution in [2.45, 2.75) is 38.6 Å². The van der Waals surface area contributed by atoms with E-state index in [1.807, 2.05) is 36.6 Å². The molecule has 4 aromatic rings. The summed E-state index contributed by atoms with van der Waals surface area (Å²) in [6, 6.07) is 17.8. The minimum atomic E-state index is -0.613. The first-order valence-corrected chi connectivity index (χ1v) is 15.6. The second-order valence-corrected chi connectivity index (χ2v) is 12.3. The van der Waals surface area contributed by atoms with Crippen molar-refractivity contribution in [3.63, 3.8) is 0 Å². The number of fused-ring (bicyclic) bond motifs is 1. The van der Waals surface area contributed by atoms with E-state index in [1.54, 1.807) is 30.2 Å². The molecule has 0 saturated heterocycles. The quantitative estimate of drug-likeness (QED) is 0.154. The van der Waals surface area contributed by atoms with Gasteiger partial charge in [-0.3, -0.25) is 9.36 Å². The number of rotatable bonds is 6. The number of allylic oxidation sites excluding steroid dienone is 1. The molecule has 0 amide bonds. The largest absolute Gasteiger partial charge is 0.463 e. The summed E-state index contributed by atoms with van der Waals surface area (Å²) in [5.74, 6) is -0.451. The Morgan fingerprint density at radius 3 is 2.46 bits per heavy atom. The summed E-state index contributed by atoms with van der Waals surface area (Å²) in [6.45, 7) is 7.96. The average molecular weight is 670 g/mol. The van der Waals surface area contributed by atoms with E-state index in [-0.39, 0.29) is 12.2 Å². The van der Waals surface area contributed by atoms with Crippen LogP contribution in [-0.4, -0.2) is 28.0 Å². The third-order valence-corrected chi connectivity index (χ3v) is 9.24. The van der Waals surface area contributed by atoms with Crippen LogP contribution >= 0.6 is 45.7 Å². The van der Waals surface area contributed by atoms with Crippen molar-refractivity contribution in [2.24, 2.45) is 4.99 Å². The first-order chi connectivity index (χ1) is 18.7. The summed E-state index contributed by atoms with van der Waals surface area (Å²) < 4.78 is 11.0. The van der Waals surface area contributed by atoms with E-state index in [1.165, 1.54) is 14.9 Å². The zero-order valence-corrected chi connectivity index (χ0v) is 26.1. The summed E-state index contributed by atoms with van der Waals surface area (Å²) in [7, 11) is 0. The average Bonchev–Trinajstić information content (AvgIpc) is 3.38. The molecule has 2 aromatic carbocycles. The van der Waals surface area contributed by atoms with Crippen LogP contribution in [0.15, 0.2) is 80.5 Å². The number of thiazole rings is 1. The lowest BCUT2D eigenvalue weighted by atomic mass is 9.96. The fraction of sp³-hybridized carbons (Fsp3) is 0.233. The minimum absolute atomic E-state index is 0.175. The number of aromatic nitrogens is 2. The van der Waals surface area contributed by atoms with Gasteiger partial charge in [0.25, 0.3) is 5.56 Å². The highest BCUT2D eigenvalue weighted by atomic mass is 127. The van der Waals surface area contributed by atoms with Crippen LogP contribution in [0.4, 0.5) is 0 Å². The number of thioether (sulfide) groups is 1. The Balaban J connectivity index is 1.68. The van der Waals surface area contributed by atoms with Gasteiger partial charge in [0, 0.05) is 25.5 Å². The van der Waals surface area contributed by atoms with Gasteiger partial charge in [0.15, 0.2) is 4.80 Å². The van der Waals surface area contributed by atoms with Gasteiger partial charge in [-0.25, -0.2) is 9.79 Å². The van der Waals surface area contributed by atoms with E-state index >= 15 is 0 Å². The van der Waals surface area contributed by atoms with E-state index in [4.69, 9.17) is 9.73 Å². The highest BCUT2D eigenvalue weighted by Crippen LogP contribution is 2.32. The normalized spacial score (nSPS) is 15.3. The Kier molecular flexibility index (Phi) is 8.02. The number of halogens is 1. The topological polar surface area (TPSA) is 65.6 Å². The molecule has 0 unspecified atom stereocenters. The number of esters is 1. The molecule has 6 nitrogen and oxygen atoms in total. The van der Waals surface area contributed by atoms with Crippen molar-refractivity contribution < 1.29 is 9.53 Å².